The second kappa shape index (κ2) is 4.90. The summed E-state index contributed by atoms with van der Waals surface area (Å²) < 4.78 is 20.9. The summed E-state index contributed by atoms with van der Waals surface area (Å²) in [5, 5.41) is 4.82. The van der Waals surface area contributed by atoms with E-state index in [0.29, 0.717) is 5.02 Å². The maximum absolute atomic E-state index is 13.2. The predicted octanol–water partition coefficient (Wildman–Crippen LogP) is 3.54. The molecule has 1 aromatic heterocycles. The Balaban J connectivity index is 1.83. The summed E-state index contributed by atoms with van der Waals surface area (Å²) in [5.74, 6) is -0.299. The van der Waals surface area contributed by atoms with Gasteiger partial charge in [-0.25, -0.2) is 14.1 Å². The van der Waals surface area contributed by atoms with Gasteiger partial charge in [-0.1, -0.05) is 41.9 Å². The zero-order valence-electron chi connectivity index (χ0n) is 11.4. The van der Waals surface area contributed by atoms with E-state index in [9.17, 15) is 4.39 Å². The molecule has 110 valence electrons. The number of benzene rings is 2. The van der Waals surface area contributed by atoms with Gasteiger partial charge in [0.05, 0.1) is 0 Å². The van der Waals surface area contributed by atoms with Crippen molar-refractivity contribution in [3.05, 3.63) is 83.2 Å². The van der Waals surface area contributed by atoms with Gasteiger partial charge in [-0.2, -0.15) is 5.10 Å². The van der Waals surface area contributed by atoms with Crippen molar-refractivity contribution in [3.63, 3.8) is 0 Å². The molecule has 0 N–H and O–H groups in total. The van der Waals surface area contributed by atoms with Crippen molar-refractivity contribution in [1.82, 2.24) is 14.8 Å². The first-order valence-electron chi connectivity index (χ1n) is 6.75. The van der Waals surface area contributed by atoms with E-state index in [1.165, 1.54) is 18.5 Å². The smallest absolute Gasteiger partial charge is 0.220 e. The predicted molar refractivity (Wildman–Crippen MR) is 78.8 cm³/mol. The summed E-state index contributed by atoms with van der Waals surface area (Å²) in [6.07, 6.45) is 2.73. The molecule has 2 heterocycles. The van der Waals surface area contributed by atoms with Crippen molar-refractivity contribution in [1.29, 1.82) is 0 Å². The number of aromatic nitrogens is 3. The SMILES string of the molecule is Fc1ccc(C2(n3cncn3)OC2c2ccccc2Cl)cc1. The van der Waals surface area contributed by atoms with Gasteiger partial charge in [0.1, 0.15) is 24.6 Å². The normalized spacial score (nSPS) is 23.5. The lowest BCUT2D eigenvalue weighted by Gasteiger charge is -2.14. The third-order valence-corrected chi connectivity index (χ3v) is 4.14. The van der Waals surface area contributed by atoms with Gasteiger partial charge in [-0.05, 0) is 18.2 Å². The van der Waals surface area contributed by atoms with Crippen molar-refractivity contribution in [2.75, 3.05) is 0 Å². The summed E-state index contributed by atoms with van der Waals surface area (Å²) in [4.78, 5) is 3.99. The molecule has 1 aliphatic rings. The average molecular weight is 316 g/mol. The largest absolute Gasteiger partial charge is 0.333 e. The van der Waals surface area contributed by atoms with Crippen LogP contribution in [0.5, 0.6) is 0 Å². The highest BCUT2D eigenvalue weighted by atomic mass is 35.5. The molecular formula is C16H11ClFN3O. The van der Waals surface area contributed by atoms with Gasteiger partial charge in [-0.3, -0.25) is 0 Å². The van der Waals surface area contributed by atoms with Gasteiger partial charge >= 0.3 is 0 Å². The molecule has 22 heavy (non-hydrogen) atoms. The highest BCUT2D eigenvalue weighted by Gasteiger charge is 2.62. The zero-order valence-corrected chi connectivity index (χ0v) is 12.1. The van der Waals surface area contributed by atoms with Crippen molar-refractivity contribution in [2.45, 2.75) is 11.8 Å². The third kappa shape index (κ3) is 1.94. The Morgan fingerprint density at radius 3 is 2.59 bits per heavy atom. The van der Waals surface area contributed by atoms with Gasteiger partial charge in [0.2, 0.25) is 5.72 Å². The summed E-state index contributed by atoms with van der Waals surface area (Å²) in [7, 11) is 0. The van der Waals surface area contributed by atoms with Crippen molar-refractivity contribution >= 4 is 11.6 Å². The second-order valence-corrected chi connectivity index (χ2v) is 5.47. The van der Waals surface area contributed by atoms with Gasteiger partial charge in [0.25, 0.3) is 0 Å². The highest BCUT2D eigenvalue weighted by Crippen LogP contribution is 2.58. The fourth-order valence-corrected chi connectivity index (χ4v) is 2.94. The summed E-state index contributed by atoms with van der Waals surface area (Å²) >= 11 is 6.28. The number of rotatable bonds is 3. The van der Waals surface area contributed by atoms with E-state index in [0.717, 1.165) is 11.1 Å². The van der Waals surface area contributed by atoms with Crippen LogP contribution in [0.4, 0.5) is 4.39 Å². The molecule has 0 spiro atoms. The van der Waals surface area contributed by atoms with Crippen LogP contribution in [0.1, 0.15) is 17.2 Å². The monoisotopic (exact) mass is 315 g/mol. The quantitative estimate of drug-likeness (QED) is 0.694. The van der Waals surface area contributed by atoms with E-state index in [4.69, 9.17) is 16.3 Å². The summed E-state index contributed by atoms with van der Waals surface area (Å²) in [5.41, 5.74) is 0.822. The molecule has 0 aliphatic carbocycles. The van der Waals surface area contributed by atoms with E-state index in [1.54, 1.807) is 23.1 Å². The maximum atomic E-state index is 13.2. The third-order valence-electron chi connectivity index (χ3n) is 3.80. The van der Waals surface area contributed by atoms with Crippen molar-refractivity contribution in [2.24, 2.45) is 0 Å². The second-order valence-electron chi connectivity index (χ2n) is 5.06. The lowest BCUT2D eigenvalue weighted by molar-refractivity contribution is 0.245. The molecule has 0 radical (unpaired) electrons. The molecule has 0 amide bonds. The van der Waals surface area contributed by atoms with Crippen LogP contribution in [0.2, 0.25) is 5.02 Å². The molecule has 2 atom stereocenters. The molecule has 4 rings (SSSR count). The van der Waals surface area contributed by atoms with Crippen LogP contribution in [0.15, 0.2) is 61.2 Å². The molecule has 4 nitrogen and oxygen atoms in total. The fourth-order valence-electron chi connectivity index (χ4n) is 2.70. The Morgan fingerprint density at radius 1 is 1.14 bits per heavy atom. The minimum absolute atomic E-state index is 0.298. The molecule has 0 saturated carbocycles. The summed E-state index contributed by atoms with van der Waals surface area (Å²) in [6, 6.07) is 13.7. The van der Waals surface area contributed by atoms with Crippen molar-refractivity contribution in [3.8, 4) is 0 Å². The molecule has 1 fully saturated rings. The Hall–Kier alpha value is -2.24. The highest BCUT2D eigenvalue weighted by molar-refractivity contribution is 6.31. The van der Waals surface area contributed by atoms with Crippen LogP contribution in [-0.4, -0.2) is 14.8 Å². The lowest BCUT2D eigenvalue weighted by Crippen LogP contribution is -2.22. The molecule has 2 unspecified atom stereocenters. The standard InChI is InChI=1S/C16H11ClFN3O/c17-14-4-2-1-3-13(14)15-16(22-15,21-10-19-9-20-21)11-5-7-12(18)8-6-11/h1-10,15H. The molecule has 1 saturated heterocycles. The first kappa shape index (κ1) is 13.4. The Bertz CT molecular complexity index is 807. The average Bonchev–Trinajstić information content (AvgIpc) is 3.03. The van der Waals surface area contributed by atoms with Crippen molar-refractivity contribution < 1.29 is 9.13 Å². The van der Waals surface area contributed by atoms with E-state index in [1.807, 2.05) is 24.3 Å². The topological polar surface area (TPSA) is 43.2 Å². The Labute approximate surface area is 131 Å². The minimum Gasteiger partial charge on any atom is -0.333 e. The number of hydrogen-bond acceptors (Lipinski definition) is 3. The van der Waals surface area contributed by atoms with Gasteiger partial charge in [-0.15, -0.1) is 0 Å². The number of nitrogens with zero attached hydrogens (tertiary/aromatic N) is 3. The first-order valence-corrected chi connectivity index (χ1v) is 7.13. The lowest BCUT2D eigenvalue weighted by atomic mass is 9.99. The molecule has 2 aromatic carbocycles. The van der Waals surface area contributed by atoms with Crippen LogP contribution in [-0.2, 0) is 10.5 Å². The summed E-state index contributed by atoms with van der Waals surface area (Å²) in [6.45, 7) is 0. The Morgan fingerprint density at radius 2 is 1.91 bits per heavy atom. The van der Waals surface area contributed by atoms with E-state index in [2.05, 4.69) is 10.1 Å². The number of ether oxygens (including phenoxy) is 1. The van der Waals surface area contributed by atoms with Crippen LogP contribution in [0.3, 0.4) is 0 Å². The van der Waals surface area contributed by atoms with Crippen LogP contribution >= 0.6 is 11.6 Å². The molecule has 1 aliphatic heterocycles. The van der Waals surface area contributed by atoms with Gasteiger partial charge < -0.3 is 4.74 Å². The molecule has 0 bridgehead atoms. The number of epoxide rings is 1. The van der Waals surface area contributed by atoms with E-state index in [-0.39, 0.29) is 11.9 Å². The van der Waals surface area contributed by atoms with E-state index >= 15 is 0 Å². The molecule has 3 aromatic rings. The van der Waals surface area contributed by atoms with E-state index < -0.39 is 5.72 Å². The van der Waals surface area contributed by atoms with Crippen LogP contribution in [0, 0.1) is 5.82 Å². The number of halogens is 2. The van der Waals surface area contributed by atoms with Crippen LogP contribution < -0.4 is 0 Å². The Kier molecular flexibility index (Phi) is 2.99. The molecule has 6 heteroatoms. The minimum atomic E-state index is -0.838. The van der Waals surface area contributed by atoms with Gasteiger partial charge in [0.15, 0.2) is 0 Å². The maximum Gasteiger partial charge on any atom is 0.220 e. The van der Waals surface area contributed by atoms with Gasteiger partial charge in [0, 0.05) is 16.1 Å². The first-order chi connectivity index (χ1) is 10.7. The number of hydrogen-bond donors (Lipinski definition) is 0. The fraction of sp³-hybridized carbons (Fsp3) is 0.125. The molecular weight excluding hydrogens is 305 g/mol. The van der Waals surface area contributed by atoms with Crippen LogP contribution in [0.25, 0.3) is 0 Å². The zero-order chi connectivity index (χ0) is 15.2.